The number of ether oxygens (including phenoxy) is 3. The zero-order chi connectivity index (χ0) is 17.8. The zero-order valence-corrected chi connectivity index (χ0v) is 14.2. The van der Waals surface area contributed by atoms with Crippen LogP contribution in [0.15, 0.2) is 24.3 Å². The quantitative estimate of drug-likeness (QED) is 0.480. The van der Waals surface area contributed by atoms with E-state index in [1.807, 2.05) is 0 Å². The number of aliphatic hydroxyl groups is 1. The molecule has 0 fully saturated rings. The van der Waals surface area contributed by atoms with Gasteiger partial charge in [-0.05, 0) is 31.2 Å². The van der Waals surface area contributed by atoms with Crippen molar-refractivity contribution in [3.05, 3.63) is 29.8 Å². The van der Waals surface area contributed by atoms with E-state index in [1.54, 1.807) is 38.3 Å². The van der Waals surface area contributed by atoms with Crippen LogP contribution in [0, 0.1) is 0 Å². The fraction of sp³-hybridized carbons (Fsp3) is 0.529. The summed E-state index contributed by atoms with van der Waals surface area (Å²) in [5, 5.41) is 8.72. The van der Waals surface area contributed by atoms with Gasteiger partial charge in [0.15, 0.2) is 0 Å². The summed E-state index contributed by atoms with van der Waals surface area (Å²) in [6.07, 6.45) is 0.121. The van der Waals surface area contributed by atoms with Crippen LogP contribution in [0.5, 0.6) is 5.75 Å². The summed E-state index contributed by atoms with van der Waals surface area (Å²) in [4.78, 5) is 25.7. The Morgan fingerprint density at radius 3 is 2.42 bits per heavy atom. The minimum absolute atomic E-state index is 0.0742. The molecule has 1 rings (SSSR count). The molecule has 0 radical (unpaired) electrons. The number of amides is 1. The third-order valence-corrected chi connectivity index (χ3v) is 3.26. The number of aliphatic hydroxyl groups excluding tert-OH is 1. The Morgan fingerprint density at radius 1 is 1.12 bits per heavy atom. The molecule has 0 aliphatic rings. The van der Waals surface area contributed by atoms with Crippen molar-refractivity contribution in [2.75, 3.05) is 46.6 Å². The second-order valence-corrected chi connectivity index (χ2v) is 4.91. The lowest BCUT2D eigenvalue weighted by Crippen LogP contribution is -2.36. The summed E-state index contributed by atoms with van der Waals surface area (Å²) in [7, 11) is 1.56. The minimum Gasteiger partial charge on any atom is -0.497 e. The Morgan fingerprint density at radius 2 is 1.83 bits per heavy atom. The Balaban J connectivity index is 2.69. The van der Waals surface area contributed by atoms with Gasteiger partial charge in [0.1, 0.15) is 5.75 Å². The third kappa shape index (κ3) is 6.97. The number of nitrogens with zero attached hydrogens (tertiary/aromatic N) is 1. The van der Waals surface area contributed by atoms with Crippen molar-refractivity contribution >= 4 is 11.9 Å². The van der Waals surface area contributed by atoms with E-state index in [0.29, 0.717) is 24.5 Å². The average molecular weight is 339 g/mol. The van der Waals surface area contributed by atoms with Crippen molar-refractivity contribution in [2.45, 2.75) is 13.3 Å². The SMILES string of the molecule is CCOC(=O)CCN(CCOCCO)C(=O)c1ccc(OC)cc1. The number of esters is 1. The summed E-state index contributed by atoms with van der Waals surface area (Å²) in [6, 6.07) is 6.76. The molecule has 1 aromatic carbocycles. The molecule has 1 aromatic rings. The fourth-order valence-electron chi connectivity index (χ4n) is 2.03. The summed E-state index contributed by atoms with van der Waals surface area (Å²) in [5.74, 6) is 0.117. The number of methoxy groups -OCH3 is 1. The molecule has 0 saturated carbocycles. The molecule has 0 bridgehead atoms. The summed E-state index contributed by atoms with van der Waals surface area (Å²) in [5.41, 5.74) is 0.502. The molecule has 0 aliphatic heterocycles. The number of carbonyl (C=O) groups excluding carboxylic acids is 2. The molecule has 0 saturated heterocycles. The maximum Gasteiger partial charge on any atom is 0.307 e. The van der Waals surface area contributed by atoms with Crippen molar-refractivity contribution in [3.63, 3.8) is 0 Å². The second-order valence-electron chi connectivity index (χ2n) is 4.91. The van der Waals surface area contributed by atoms with Crippen LogP contribution in [0.4, 0.5) is 0 Å². The highest BCUT2D eigenvalue weighted by Gasteiger charge is 2.17. The maximum absolute atomic E-state index is 12.6. The lowest BCUT2D eigenvalue weighted by Gasteiger charge is -2.22. The van der Waals surface area contributed by atoms with Crippen molar-refractivity contribution in [2.24, 2.45) is 0 Å². The van der Waals surface area contributed by atoms with E-state index in [0.717, 1.165) is 0 Å². The molecule has 1 N–H and O–H groups in total. The third-order valence-electron chi connectivity index (χ3n) is 3.26. The standard InChI is InChI=1S/C17H25NO6/c1-3-24-16(20)8-9-18(10-12-23-13-11-19)17(21)14-4-6-15(22-2)7-5-14/h4-7,19H,3,8-13H2,1-2H3. The molecule has 0 spiro atoms. The normalized spacial score (nSPS) is 10.3. The molecule has 134 valence electrons. The van der Waals surface area contributed by atoms with E-state index >= 15 is 0 Å². The predicted molar refractivity (Wildman–Crippen MR) is 88.1 cm³/mol. The highest BCUT2D eigenvalue weighted by atomic mass is 16.5. The topological polar surface area (TPSA) is 85.3 Å². The first-order valence-electron chi connectivity index (χ1n) is 7.90. The summed E-state index contributed by atoms with van der Waals surface area (Å²) < 4.78 is 15.2. The van der Waals surface area contributed by atoms with E-state index in [-0.39, 0.29) is 44.7 Å². The monoisotopic (exact) mass is 339 g/mol. The largest absolute Gasteiger partial charge is 0.497 e. The van der Waals surface area contributed by atoms with Gasteiger partial charge in [0.2, 0.25) is 0 Å². The molecule has 7 nitrogen and oxygen atoms in total. The molecule has 0 aromatic heterocycles. The van der Waals surface area contributed by atoms with Crippen LogP contribution < -0.4 is 4.74 Å². The van der Waals surface area contributed by atoms with E-state index in [4.69, 9.17) is 19.3 Å². The number of rotatable bonds is 11. The van der Waals surface area contributed by atoms with Crippen molar-refractivity contribution < 1.29 is 28.9 Å². The predicted octanol–water partition coefficient (Wildman–Crippen LogP) is 1.10. The van der Waals surface area contributed by atoms with Gasteiger partial charge in [-0.15, -0.1) is 0 Å². The van der Waals surface area contributed by atoms with Gasteiger partial charge in [0.05, 0.1) is 40.0 Å². The van der Waals surface area contributed by atoms with Crippen LogP contribution in [0.2, 0.25) is 0 Å². The molecule has 1 amide bonds. The number of hydrogen-bond acceptors (Lipinski definition) is 6. The Hall–Kier alpha value is -2.12. The minimum atomic E-state index is -0.346. The van der Waals surface area contributed by atoms with Gasteiger partial charge < -0.3 is 24.2 Å². The lowest BCUT2D eigenvalue weighted by molar-refractivity contribution is -0.143. The van der Waals surface area contributed by atoms with E-state index in [2.05, 4.69) is 0 Å². The van der Waals surface area contributed by atoms with Crippen LogP contribution in [0.3, 0.4) is 0 Å². The molecular weight excluding hydrogens is 314 g/mol. The van der Waals surface area contributed by atoms with Gasteiger partial charge in [-0.1, -0.05) is 0 Å². The van der Waals surface area contributed by atoms with E-state index in [9.17, 15) is 9.59 Å². The smallest absolute Gasteiger partial charge is 0.307 e. The first-order chi connectivity index (χ1) is 11.6. The summed E-state index contributed by atoms with van der Waals surface area (Å²) >= 11 is 0. The van der Waals surface area contributed by atoms with Gasteiger partial charge in [-0.25, -0.2) is 0 Å². The molecule has 0 aliphatic carbocycles. The number of hydrogen-bond donors (Lipinski definition) is 1. The molecule has 7 heteroatoms. The Kier molecular flexibility index (Phi) is 9.48. The van der Waals surface area contributed by atoms with Gasteiger partial charge in [0.25, 0.3) is 5.91 Å². The number of carbonyl (C=O) groups is 2. The van der Waals surface area contributed by atoms with Crippen LogP contribution >= 0.6 is 0 Å². The van der Waals surface area contributed by atoms with E-state index < -0.39 is 0 Å². The lowest BCUT2D eigenvalue weighted by atomic mass is 10.2. The first-order valence-corrected chi connectivity index (χ1v) is 7.90. The zero-order valence-electron chi connectivity index (χ0n) is 14.2. The van der Waals surface area contributed by atoms with E-state index in [1.165, 1.54) is 4.90 Å². The van der Waals surface area contributed by atoms with Gasteiger partial charge in [-0.2, -0.15) is 0 Å². The molecule has 24 heavy (non-hydrogen) atoms. The Bertz CT molecular complexity index is 502. The maximum atomic E-state index is 12.6. The van der Waals surface area contributed by atoms with Crippen LogP contribution in [-0.4, -0.2) is 68.5 Å². The second kappa shape index (κ2) is 11.4. The van der Waals surface area contributed by atoms with Crippen molar-refractivity contribution in [3.8, 4) is 5.75 Å². The number of benzene rings is 1. The fourth-order valence-corrected chi connectivity index (χ4v) is 2.03. The first kappa shape index (κ1) is 19.9. The van der Waals surface area contributed by atoms with Crippen LogP contribution in [-0.2, 0) is 14.3 Å². The molecule has 0 atom stereocenters. The van der Waals surface area contributed by atoms with Gasteiger partial charge in [0, 0.05) is 18.7 Å². The van der Waals surface area contributed by atoms with Crippen molar-refractivity contribution in [1.82, 2.24) is 4.90 Å². The van der Waals surface area contributed by atoms with Crippen LogP contribution in [0.1, 0.15) is 23.7 Å². The molecular formula is C17H25NO6. The highest BCUT2D eigenvalue weighted by molar-refractivity contribution is 5.94. The van der Waals surface area contributed by atoms with Gasteiger partial charge >= 0.3 is 5.97 Å². The molecule has 0 heterocycles. The summed E-state index contributed by atoms with van der Waals surface area (Å²) in [6.45, 7) is 3.03. The van der Waals surface area contributed by atoms with Crippen LogP contribution in [0.25, 0.3) is 0 Å². The Labute approximate surface area is 142 Å². The van der Waals surface area contributed by atoms with Gasteiger partial charge in [-0.3, -0.25) is 9.59 Å². The highest BCUT2D eigenvalue weighted by Crippen LogP contribution is 2.13. The average Bonchev–Trinajstić information content (AvgIpc) is 2.61. The molecule has 0 unspecified atom stereocenters. The van der Waals surface area contributed by atoms with Crippen molar-refractivity contribution in [1.29, 1.82) is 0 Å².